The molecule has 60 heavy (non-hydrogen) atoms. The van der Waals surface area contributed by atoms with E-state index < -0.39 is 31.5 Å². The molecule has 306 valence electrons. The number of aliphatic hydroxyl groups excluding tert-OH is 1. The maximum Gasteiger partial charge on any atom is 0.279 e. The highest BCUT2D eigenvalue weighted by atomic mass is 28.4. The lowest BCUT2D eigenvalue weighted by atomic mass is 9.82. The van der Waals surface area contributed by atoms with Crippen molar-refractivity contribution in [3.63, 3.8) is 0 Å². The van der Waals surface area contributed by atoms with Crippen molar-refractivity contribution >= 4 is 47.6 Å². The largest absolute Gasteiger partial charge is 0.432 e. The zero-order valence-electron chi connectivity index (χ0n) is 33.5. The normalized spacial score (nSPS) is 20.1. The number of ether oxygens (including phenoxy) is 1. The molecule has 0 unspecified atom stereocenters. The average molecular weight is 823 g/mol. The van der Waals surface area contributed by atoms with E-state index >= 15 is 4.79 Å². The second-order valence-corrected chi connectivity index (χ2v) is 20.4. The highest BCUT2D eigenvalue weighted by Crippen LogP contribution is 2.60. The third-order valence-electron chi connectivity index (χ3n) is 12.3. The van der Waals surface area contributed by atoms with Crippen LogP contribution in [0, 0.1) is 5.92 Å². The number of H-pyrrole nitrogens is 2. The third kappa shape index (κ3) is 6.52. The van der Waals surface area contributed by atoms with Crippen molar-refractivity contribution in [3.8, 4) is 11.4 Å². The molecular formula is C46H46N6O7Si. The van der Waals surface area contributed by atoms with E-state index in [-0.39, 0.29) is 55.6 Å². The fourth-order valence-electron chi connectivity index (χ4n) is 9.49. The Labute approximate surface area is 346 Å². The number of rotatable bonds is 11. The van der Waals surface area contributed by atoms with Crippen LogP contribution in [0.1, 0.15) is 30.0 Å². The number of anilines is 1. The summed E-state index contributed by atoms with van der Waals surface area (Å²) in [5.74, 6) is -1.18. The summed E-state index contributed by atoms with van der Waals surface area (Å²) in [5.41, 5.74) is 2.78. The van der Waals surface area contributed by atoms with Gasteiger partial charge in [0.15, 0.2) is 13.9 Å². The Balaban J connectivity index is 1.11. The summed E-state index contributed by atoms with van der Waals surface area (Å²) in [6.07, 6.45) is -0.944. The van der Waals surface area contributed by atoms with E-state index in [1.807, 2.05) is 117 Å². The predicted octanol–water partition coefficient (Wildman–Crippen LogP) is 5.71. The Hall–Kier alpha value is -6.32. The van der Waals surface area contributed by atoms with Gasteiger partial charge in [0.25, 0.3) is 17.0 Å². The van der Waals surface area contributed by atoms with E-state index in [1.165, 1.54) is 9.36 Å². The molecule has 2 aliphatic heterocycles. The Morgan fingerprint density at radius 1 is 0.783 bits per heavy atom. The van der Waals surface area contributed by atoms with Crippen LogP contribution in [0.5, 0.6) is 0 Å². The number of fused-ring (bicyclic) bond motifs is 4. The van der Waals surface area contributed by atoms with Gasteiger partial charge in [0, 0.05) is 30.1 Å². The van der Waals surface area contributed by atoms with Gasteiger partial charge in [0.1, 0.15) is 0 Å². The Morgan fingerprint density at radius 3 is 1.97 bits per heavy atom. The Morgan fingerprint density at radius 2 is 1.37 bits per heavy atom. The molecule has 1 fully saturated rings. The quantitative estimate of drug-likeness (QED) is 0.122. The van der Waals surface area contributed by atoms with Gasteiger partial charge in [-0.05, 0) is 78.8 Å². The van der Waals surface area contributed by atoms with Gasteiger partial charge in [-0.2, -0.15) is 0 Å². The van der Waals surface area contributed by atoms with Gasteiger partial charge in [-0.1, -0.05) is 73.7 Å². The topological polar surface area (TPSA) is 166 Å². The lowest BCUT2D eigenvalue weighted by Gasteiger charge is -2.32. The molecule has 0 aliphatic carbocycles. The summed E-state index contributed by atoms with van der Waals surface area (Å²) < 4.78 is 9.99. The molecular weight excluding hydrogens is 777 g/mol. The average Bonchev–Trinajstić information content (AvgIpc) is 3.93. The van der Waals surface area contributed by atoms with Gasteiger partial charge in [-0.3, -0.25) is 29.4 Å². The van der Waals surface area contributed by atoms with Crippen molar-refractivity contribution in [3.05, 3.63) is 159 Å². The Kier molecular flexibility index (Phi) is 9.82. The van der Waals surface area contributed by atoms with E-state index in [0.29, 0.717) is 38.9 Å². The van der Waals surface area contributed by atoms with Crippen molar-refractivity contribution in [1.82, 2.24) is 24.5 Å². The molecule has 7 aromatic rings. The van der Waals surface area contributed by atoms with Crippen LogP contribution in [0.4, 0.5) is 5.69 Å². The van der Waals surface area contributed by atoms with Crippen LogP contribution < -0.4 is 16.0 Å². The van der Waals surface area contributed by atoms with E-state index in [2.05, 4.69) is 10.2 Å². The lowest BCUT2D eigenvalue weighted by Crippen LogP contribution is -2.46. The molecule has 4 atom stereocenters. The molecule has 1 saturated heterocycles. The second-order valence-electron chi connectivity index (χ2n) is 16.4. The number of carbonyl (C=O) groups is 2. The first-order chi connectivity index (χ1) is 28.9. The summed E-state index contributed by atoms with van der Waals surface area (Å²) in [4.78, 5) is 71.6. The van der Waals surface area contributed by atoms with Crippen molar-refractivity contribution in [2.45, 2.75) is 56.8 Å². The maximum atomic E-state index is 15.4. The van der Waals surface area contributed by atoms with Crippen LogP contribution in [0.15, 0.2) is 131 Å². The van der Waals surface area contributed by atoms with E-state index in [9.17, 15) is 24.3 Å². The fourth-order valence-corrected chi connectivity index (χ4v) is 12.0. The molecule has 0 bridgehead atoms. The van der Waals surface area contributed by atoms with Gasteiger partial charge < -0.3 is 24.4 Å². The van der Waals surface area contributed by atoms with E-state index in [0.717, 1.165) is 16.6 Å². The number of aliphatic hydroxyl groups is 1. The molecule has 13 nitrogen and oxygen atoms in total. The number of hydrogen-bond donors (Lipinski definition) is 4. The van der Waals surface area contributed by atoms with Crippen molar-refractivity contribution in [1.29, 1.82) is 0 Å². The monoisotopic (exact) mass is 822 g/mol. The van der Waals surface area contributed by atoms with Crippen molar-refractivity contribution in [2.24, 2.45) is 5.92 Å². The molecule has 2 aliphatic rings. The van der Waals surface area contributed by atoms with Gasteiger partial charge in [-0.15, -0.1) is 0 Å². The second kappa shape index (κ2) is 15.1. The minimum absolute atomic E-state index is 0.109. The third-order valence-corrected chi connectivity index (χ3v) is 14.8. The van der Waals surface area contributed by atoms with Gasteiger partial charge in [-0.25, -0.2) is 9.36 Å². The molecule has 1 spiro atoms. The van der Waals surface area contributed by atoms with Crippen LogP contribution in [-0.4, -0.2) is 73.8 Å². The van der Waals surface area contributed by atoms with Crippen molar-refractivity contribution in [2.75, 3.05) is 18.1 Å². The first-order valence-corrected chi connectivity index (χ1v) is 23.2. The molecule has 0 saturated carbocycles. The highest BCUT2D eigenvalue weighted by molar-refractivity contribution is 6.71. The van der Waals surface area contributed by atoms with Crippen LogP contribution in [0.3, 0.4) is 0 Å². The van der Waals surface area contributed by atoms with Gasteiger partial charge in [0.2, 0.25) is 5.91 Å². The van der Waals surface area contributed by atoms with Crippen LogP contribution in [0.25, 0.3) is 33.2 Å². The zero-order valence-corrected chi connectivity index (χ0v) is 34.5. The number of nitrogens with one attached hydrogen (secondary N) is 2. The van der Waals surface area contributed by atoms with Crippen LogP contribution in [-0.2, 0) is 33.0 Å². The number of carbonyl (C=O) groups excluding carboxylic acids is 2. The van der Waals surface area contributed by atoms with Crippen LogP contribution in [0.2, 0.25) is 18.6 Å². The Bertz CT molecular complexity index is 2880. The summed E-state index contributed by atoms with van der Waals surface area (Å²) in [6, 6.07) is 36.9. The van der Waals surface area contributed by atoms with E-state index in [1.54, 1.807) is 34.1 Å². The van der Waals surface area contributed by atoms with Crippen LogP contribution >= 0.6 is 0 Å². The number of para-hydroxylation sites is 2. The zero-order chi connectivity index (χ0) is 41.9. The fraction of sp³-hybridized carbons (Fsp3) is 0.261. The standard InChI is InChI=1S/C46H46N6O7Si/c1-29-42(60(2,3)58)40(26-41(54)49(23-24-53)27-30-11-5-4-6-12-30)59-46(29)36-25-33(52-44(56)35-14-8-10-16-38(35)48-52)21-22-39(36)50(45(46)57)28-31-17-19-32(20-18-31)51-43(55)34-13-7-9-15-37(34)47-51/h4-22,25,29,40,42,47-48,53,58H,23-24,26-28H2,1-3H3/t29-,40+,42-,46+/m0/s1. The molecule has 2 amide bonds. The maximum absolute atomic E-state index is 15.4. The molecule has 14 heteroatoms. The minimum atomic E-state index is -3.16. The first kappa shape index (κ1) is 39.2. The van der Waals surface area contributed by atoms with Gasteiger partial charge in [0.05, 0.1) is 64.5 Å². The molecule has 2 aromatic heterocycles. The molecule has 5 aromatic carbocycles. The highest BCUT2D eigenvalue weighted by Gasteiger charge is 2.66. The minimum Gasteiger partial charge on any atom is -0.432 e. The summed E-state index contributed by atoms with van der Waals surface area (Å²) in [7, 11) is -3.16. The number of aromatic nitrogens is 4. The van der Waals surface area contributed by atoms with E-state index in [4.69, 9.17) is 4.74 Å². The first-order valence-electron chi connectivity index (χ1n) is 20.2. The number of aromatic amines is 2. The smallest absolute Gasteiger partial charge is 0.279 e. The molecule has 4 N–H and O–H groups in total. The molecule has 4 heterocycles. The number of nitrogens with zero attached hydrogens (tertiary/aromatic N) is 4. The van der Waals surface area contributed by atoms with Gasteiger partial charge >= 0.3 is 0 Å². The molecule has 0 radical (unpaired) electrons. The lowest BCUT2D eigenvalue weighted by molar-refractivity contribution is -0.150. The number of hydrogen-bond acceptors (Lipinski definition) is 7. The SMILES string of the molecule is C[C@H]1[C@H]([Si](C)(C)O)[C@@H](CC(=O)N(CCO)Cc2ccccc2)O[C@]12C(=O)N(Cc1ccc(-n3[nH]c4ccccc4c3=O)cc1)c1ccc(-n3[nH]c4ccccc4c3=O)cc12. The molecule has 9 rings (SSSR count). The van der Waals surface area contributed by atoms with Crippen molar-refractivity contribution < 1.29 is 24.2 Å². The predicted molar refractivity (Wildman–Crippen MR) is 232 cm³/mol. The number of amides is 2. The summed E-state index contributed by atoms with van der Waals surface area (Å²) in [5, 5.41) is 17.4. The number of benzene rings is 5. The summed E-state index contributed by atoms with van der Waals surface area (Å²) >= 11 is 0. The summed E-state index contributed by atoms with van der Waals surface area (Å²) in [6.45, 7) is 5.85.